The van der Waals surface area contributed by atoms with Crippen LogP contribution in [0.5, 0.6) is 5.75 Å². The van der Waals surface area contributed by atoms with E-state index in [4.69, 9.17) is 14.2 Å². The van der Waals surface area contributed by atoms with Crippen molar-refractivity contribution in [3.63, 3.8) is 0 Å². The molecule has 4 unspecified atom stereocenters. The normalized spacial score (nSPS) is 22.8. The lowest BCUT2D eigenvalue weighted by Crippen LogP contribution is -2.59. The topological polar surface area (TPSA) is 179 Å². The fourth-order valence-electron chi connectivity index (χ4n) is 5.21. The van der Waals surface area contributed by atoms with Crippen LogP contribution in [0.25, 0.3) is 0 Å². The number of hydrogen-bond acceptors (Lipinski definition) is 10. The van der Waals surface area contributed by atoms with E-state index in [0.717, 1.165) is 24.8 Å². The van der Waals surface area contributed by atoms with Gasteiger partial charge in [0, 0.05) is 13.1 Å². The van der Waals surface area contributed by atoms with Crippen molar-refractivity contribution in [2.75, 3.05) is 53.2 Å². The summed E-state index contributed by atoms with van der Waals surface area (Å²) < 4.78 is 15.8. The van der Waals surface area contributed by atoms with Gasteiger partial charge < -0.3 is 40.4 Å². The lowest BCUT2D eigenvalue weighted by atomic mass is 9.93. The third-order valence-electron chi connectivity index (χ3n) is 7.99. The smallest absolute Gasteiger partial charge is 0.246 e. The average Bonchev–Trinajstić information content (AvgIpc) is 3.56. The molecule has 1 aromatic carbocycles. The van der Waals surface area contributed by atoms with E-state index in [1.807, 2.05) is 4.90 Å². The molecule has 0 aromatic heterocycles. The predicted molar refractivity (Wildman–Crippen MR) is 154 cm³/mol. The quantitative estimate of drug-likeness (QED) is 0.128. The van der Waals surface area contributed by atoms with Gasteiger partial charge in [0.15, 0.2) is 5.78 Å². The van der Waals surface area contributed by atoms with Gasteiger partial charge in [-0.2, -0.15) is 0 Å². The first-order valence-corrected chi connectivity index (χ1v) is 14.6. The van der Waals surface area contributed by atoms with Crippen LogP contribution in [0, 0.1) is 0 Å². The summed E-state index contributed by atoms with van der Waals surface area (Å²) in [6.07, 6.45) is 3.49. The zero-order valence-electron chi connectivity index (χ0n) is 24.7. The second kappa shape index (κ2) is 14.9. The molecule has 43 heavy (non-hydrogen) atoms. The van der Waals surface area contributed by atoms with E-state index >= 15 is 0 Å². The lowest BCUT2D eigenvalue weighted by Gasteiger charge is -2.29. The number of hydrogen-bond donors (Lipinski definition) is 5. The molecule has 3 aliphatic rings. The van der Waals surface area contributed by atoms with Gasteiger partial charge in [-0.05, 0) is 50.3 Å². The molecule has 2 aliphatic heterocycles. The maximum Gasteiger partial charge on any atom is 0.246 e. The highest BCUT2D eigenvalue weighted by molar-refractivity contribution is 5.98. The van der Waals surface area contributed by atoms with Crippen molar-refractivity contribution in [1.29, 1.82) is 0 Å². The number of nitrogens with zero attached hydrogens (tertiary/aromatic N) is 1. The Kier molecular flexibility index (Phi) is 11.3. The Hall–Kier alpha value is -3.36. The summed E-state index contributed by atoms with van der Waals surface area (Å²) in [5, 5.41) is 29.0. The maximum absolute atomic E-state index is 13.8. The van der Waals surface area contributed by atoms with Crippen LogP contribution in [0.1, 0.15) is 44.3 Å². The second-order valence-electron chi connectivity index (χ2n) is 11.3. The van der Waals surface area contributed by atoms with Crippen LogP contribution in [-0.4, -0.2) is 116 Å². The van der Waals surface area contributed by atoms with Crippen LogP contribution >= 0.6 is 0 Å². The van der Waals surface area contributed by atoms with Crippen LogP contribution in [0.3, 0.4) is 0 Å². The van der Waals surface area contributed by atoms with E-state index in [0.29, 0.717) is 44.0 Å². The summed E-state index contributed by atoms with van der Waals surface area (Å²) in [7, 11) is 1.49. The molecule has 2 saturated heterocycles. The van der Waals surface area contributed by atoms with Crippen molar-refractivity contribution in [2.45, 2.75) is 62.4 Å². The van der Waals surface area contributed by atoms with Crippen LogP contribution < -0.4 is 20.7 Å². The van der Waals surface area contributed by atoms with Gasteiger partial charge in [-0.25, -0.2) is 0 Å². The molecule has 5 atom stereocenters. The Balaban J connectivity index is 1.51. The van der Waals surface area contributed by atoms with E-state index in [1.54, 1.807) is 31.2 Å². The summed E-state index contributed by atoms with van der Waals surface area (Å²) in [4.78, 5) is 54.9. The largest absolute Gasteiger partial charge is 0.497 e. The van der Waals surface area contributed by atoms with E-state index in [2.05, 4.69) is 22.0 Å². The van der Waals surface area contributed by atoms with E-state index < -0.39 is 54.2 Å². The molecule has 236 valence electrons. The van der Waals surface area contributed by atoms with Crippen molar-refractivity contribution < 1.29 is 43.6 Å². The number of carbonyl (C=O) groups excluding carboxylic acids is 4. The Morgan fingerprint density at radius 1 is 1.05 bits per heavy atom. The number of Topliss-reactive ketones (excluding diaryl/α,β-unsaturated/α-hetero) is 1. The monoisotopic (exact) mass is 602 g/mol. The summed E-state index contributed by atoms with van der Waals surface area (Å²) in [6, 6.07) is 2.42. The van der Waals surface area contributed by atoms with Gasteiger partial charge in [0.2, 0.25) is 17.7 Å². The maximum atomic E-state index is 13.8. The number of carbonyl (C=O) groups is 4. The molecular weight excluding hydrogens is 560 g/mol. The van der Waals surface area contributed by atoms with E-state index in [-0.39, 0.29) is 18.9 Å². The average molecular weight is 603 g/mol. The van der Waals surface area contributed by atoms with Crippen molar-refractivity contribution in [3.05, 3.63) is 41.5 Å². The number of benzene rings is 1. The number of ether oxygens (including phenoxy) is 3. The fraction of sp³-hybridized carbons (Fsp3) is 0.600. The molecule has 0 saturated carbocycles. The molecular formula is C30H42N4O9. The Bertz CT molecular complexity index is 1180. The number of methoxy groups -OCH3 is 1. The van der Waals surface area contributed by atoms with Gasteiger partial charge in [-0.1, -0.05) is 23.8 Å². The second-order valence-corrected chi connectivity index (χ2v) is 11.3. The summed E-state index contributed by atoms with van der Waals surface area (Å²) in [5.74, 6) is -1.92. The molecule has 3 amide bonds. The van der Waals surface area contributed by atoms with Crippen LogP contribution in [0.4, 0.5) is 0 Å². The molecule has 1 aromatic rings. The SMILES string of the molecule is COc1ccc(C(O)C(NC(=O)C(CO)NC(=O)CN2CCOCC2)C(=O)NC(CC2=CCCC2)C(=O)[C@@]2(C)CO2)cc1. The number of aliphatic hydroxyl groups excluding tert-OH is 2. The number of ketones is 1. The molecule has 2 heterocycles. The molecule has 4 rings (SSSR count). The number of aliphatic hydroxyl groups is 2. The van der Waals surface area contributed by atoms with Gasteiger partial charge in [-0.3, -0.25) is 24.1 Å². The summed E-state index contributed by atoms with van der Waals surface area (Å²) in [6.45, 7) is 3.26. The standard InChI is InChI=1S/C30H42N4O9/c1-30(18-43-30)27(38)22(15-19-5-3-4-6-19)32-29(40)25(26(37)20-7-9-21(41-2)10-8-20)33-28(39)23(17-35)31-24(36)16-34-11-13-42-14-12-34/h5,7-10,22-23,25-26,35,37H,3-4,6,11-18H2,1-2H3,(H,31,36)(H,32,40)(H,33,39)/t22?,23?,25?,26?,30-/m1/s1. The molecule has 13 heteroatoms. The molecule has 0 radical (unpaired) electrons. The number of amides is 3. The zero-order valence-corrected chi connectivity index (χ0v) is 24.7. The number of epoxide rings is 1. The third-order valence-corrected chi connectivity index (χ3v) is 7.99. The number of rotatable bonds is 15. The predicted octanol–water partition coefficient (Wildman–Crippen LogP) is -0.634. The Morgan fingerprint density at radius 2 is 1.74 bits per heavy atom. The van der Waals surface area contributed by atoms with Gasteiger partial charge in [0.05, 0.1) is 46.1 Å². The zero-order chi connectivity index (χ0) is 31.0. The van der Waals surface area contributed by atoms with Crippen LogP contribution in [0.2, 0.25) is 0 Å². The molecule has 1 aliphatic carbocycles. The molecule has 2 fully saturated rings. The highest BCUT2D eigenvalue weighted by Gasteiger charge is 2.50. The van der Waals surface area contributed by atoms with E-state index in [9.17, 15) is 29.4 Å². The Morgan fingerprint density at radius 3 is 2.33 bits per heavy atom. The highest BCUT2D eigenvalue weighted by atomic mass is 16.6. The van der Waals surface area contributed by atoms with Crippen molar-refractivity contribution in [2.24, 2.45) is 0 Å². The minimum absolute atomic E-state index is 0.00596. The van der Waals surface area contributed by atoms with Crippen LogP contribution in [-0.2, 0) is 28.7 Å². The third kappa shape index (κ3) is 8.83. The summed E-state index contributed by atoms with van der Waals surface area (Å²) >= 11 is 0. The number of nitrogens with one attached hydrogen (secondary N) is 3. The first kappa shape index (κ1) is 32.6. The van der Waals surface area contributed by atoms with Crippen molar-refractivity contribution >= 4 is 23.5 Å². The van der Waals surface area contributed by atoms with E-state index in [1.165, 1.54) is 7.11 Å². The summed E-state index contributed by atoms with van der Waals surface area (Å²) in [5.41, 5.74) is 0.344. The van der Waals surface area contributed by atoms with Gasteiger partial charge in [0.1, 0.15) is 29.5 Å². The minimum atomic E-state index is -1.56. The van der Waals surface area contributed by atoms with Gasteiger partial charge in [0.25, 0.3) is 0 Å². The first-order valence-electron chi connectivity index (χ1n) is 14.6. The lowest BCUT2D eigenvalue weighted by molar-refractivity contribution is -0.137. The first-order chi connectivity index (χ1) is 20.6. The van der Waals surface area contributed by atoms with Gasteiger partial charge in [-0.15, -0.1) is 0 Å². The van der Waals surface area contributed by atoms with Crippen LogP contribution in [0.15, 0.2) is 35.9 Å². The van der Waals surface area contributed by atoms with Crippen molar-refractivity contribution in [3.8, 4) is 5.75 Å². The molecule has 13 nitrogen and oxygen atoms in total. The highest BCUT2D eigenvalue weighted by Crippen LogP contribution is 2.31. The fourth-order valence-corrected chi connectivity index (χ4v) is 5.21. The van der Waals surface area contributed by atoms with Gasteiger partial charge >= 0.3 is 0 Å². The van der Waals surface area contributed by atoms with Crippen molar-refractivity contribution in [1.82, 2.24) is 20.9 Å². The molecule has 0 bridgehead atoms. The number of morpholine rings is 1. The molecule has 5 N–H and O–H groups in total. The molecule has 0 spiro atoms. The number of allylic oxidation sites excluding steroid dienone is 1. The Labute approximate surface area is 250 Å². The minimum Gasteiger partial charge on any atom is -0.497 e.